The van der Waals surface area contributed by atoms with E-state index in [9.17, 15) is 14.7 Å². The Labute approximate surface area is 193 Å². The molecule has 1 fully saturated rings. The Balaban J connectivity index is 1.60. The van der Waals surface area contributed by atoms with Crippen LogP contribution in [-0.2, 0) is 6.42 Å². The predicted octanol–water partition coefficient (Wildman–Crippen LogP) is 5.30. The number of aryl methyl sites for hydroxylation is 1. The van der Waals surface area contributed by atoms with E-state index in [1.54, 1.807) is 24.3 Å². The summed E-state index contributed by atoms with van der Waals surface area (Å²) in [5.41, 5.74) is 4.07. The Morgan fingerprint density at radius 2 is 1.85 bits per heavy atom. The molecule has 1 atom stereocenters. The Hall–Kier alpha value is -3.61. The minimum atomic E-state index is -0.267. The molecule has 7 nitrogen and oxygen atoms in total. The van der Waals surface area contributed by atoms with Crippen LogP contribution >= 0.6 is 0 Å². The molecule has 3 N–H and O–H groups in total. The van der Waals surface area contributed by atoms with E-state index in [0.29, 0.717) is 28.4 Å². The number of rotatable bonds is 7. The largest absolute Gasteiger partial charge is 0.507 e. The second-order valence-electron chi connectivity index (χ2n) is 8.64. The van der Waals surface area contributed by atoms with Crippen molar-refractivity contribution in [3.8, 4) is 17.0 Å². The first kappa shape index (κ1) is 22.6. The third kappa shape index (κ3) is 5.08. The number of hydrogen-bond acceptors (Lipinski definition) is 4. The molecule has 7 heteroatoms. The van der Waals surface area contributed by atoms with Crippen molar-refractivity contribution in [2.75, 3.05) is 5.32 Å². The smallest absolute Gasteiger partial charge is 0.342 e. The number of aromatic nitrogens is 2. The molecule has 0 saturated heterocycles. The predicted molar refractivity (Wildman–Crippen MR) is 129 cm³/mol. The van der Waals surface area contributed by atoms with E-state index in [-0.39, 0.29) is 23.7 Å². The first-order valence-corrected chi connectivity index (χ1v) is 11.5. The molecule has 0 spiro atoms. The van der Waals surface area contributed by atoms with Crippen LogP contribution in [0.1, 0.15) is 67.6 Å². The molecular formula is C26H30N4O3. The zero-order chi connectivity index (χ0) is 23.5. The Kier molecular flexibility index (Phi) is 6.49. The van der Waals surface area contributed by atoms with E-state index in [1.165, 1.54) is 10.7 Å². The van der Waals surface area contributed by atoms with E-state index in [2.05, 4.69) is 22.7 Å². The minimum absolute atomic E-state index is 0.0367. The van der Waals surface area contributed by atoms with Gasteiger partial charge in [-0.25, -0.2) is 4.79 Å². The van der Waals surface area contributed by atoms with Gasteiger partial charge in [0.2, 0.25) is 0 Å². The van der Waals surface area contributed by atoms with Gasteiger partial charge in [-0.15, -0.1) is 0 Å². The summed E-state index contributed by atoms with van der Waals surface area (Å²) in [4.78, 5) is 25.5. The van der Waals surface area contributed by atoms with Gasteiger partial charge in [0.1, 0.15) is 5.75 Å². The second-order valence-corrected chi connectivity index (χ2v) is 8.64. The number of benzene rings is 2. The molecule has 1 saturated carbocycles. The molecule has 0 radical (unpaired) electrons. The summed E-state index contributed by atoms with van der Waals surface area (Å²) >= 11 is 0. The van der Waals surface area contributed by atoms with Gasteiger partial charge in [-0.2, -0.15) is 9.78 Å². The summed E-state index contributed by atoms with van der Waals surface area (Å²) in [6.07, 6.45) is 3.76. The number of hydrogen-bond donors (Lipinski definition) is 3. The average Bonchev–Trinajstić information content (AvgIpc) is 3.58. The lowest BCUT2D eigenvalue weighted by Crippen LogP contribution is -2.36. The molecule has 0 aliphatic heterocycles. The van der Waals surface area contributed by atoms with Crippen LogP contribution in [0.5, 0.6) is 5.75 Å². The van der Waals surface area contributed by atoms with Crippen LogP contribution in [0.2, 0.25) is 0 Å². The molecule has 1 unspecified atom stereocenters. The highest BCUT2D eigenvalue weighted by Gasteiger charge is 2.31. The van der Waals surface area contributed by atoms with E-state index in [0.717, 1.165) is 36.9 Å². The fourth-order valence-electron chi connectivity index (χ4n) is 3.65. The third-order valence-corrected chi connectivity index (χ3v) is 6.06. The Morgan fingerprint density at radius 1 is 1.12 bits per heavy atom. The van der Waals surface area contributed by atoms with E-state index < -0.39 is 0 Å². The molecule has 4 rings (SSSR count). The molecule has 0 bridgehead atoms. The number of carbonyl (C=O) groups excluding carboxylic acids is 2. The Morgan fingerprint density at radius 3 is 2.48 bits per heavy atom. The molecule has 1 heterocycles. The summed E-state index contributed by atoms with van der Waals surface area (Å²) in [6, 6.07) is 14.0. The maximum atomic E-state index is 12.8. The quantitative estimate of drug-likeness (QED) is 0.429. The van der Waals surface area contributed by atoms with Crippen molar-refractivity contribution >= 4 is 17.6 Å². The highest BCUT2D eigenvalue weighted by molar-refractivity contribution is 6.04. The van der Waals surface area contributed by atoms with Gasteiger partial charge in [0.15, 0.2) is 0 Å². The highest BCUT2D eigenvalue weighted by atomic mass is 16.3. The topological polar surface area (TPSA) is 96.2 Å². The summed E-state index contributed by atoms with van der Waals surface area (Å²) in [5.74, 6) is 0.103. The molecule has 2 aromatic carbocycles. The minimum Gasteiger partial charge on any atom is -0.507 e. The number of anilines is 1. The van der Waals surface area contributed by atoms with Crippen LogP contribution in [0.4, 0.5) is 10.5 Å². The number of aromatic hydroxyl groups is 1. The van der Waals surface area contributed by atoms with Crippen molar-refractivity contribution in [2.45, 2.75) is 58.4 Å². The van der Waals surface area contributed by atoms with Crippen LogP contribution in [0, 0.1) is 0 Å². The van der Waals surface area contributed by atoms with Gasteiger partial charge in [-0.1, -0.05) is 26.0 Å². The normalized spacial score (nSPS) is 14.0. The van der Waals surface area contributed by atoms with Gasteiger partial charge in [-0.3, -0.25) is 4.79 Å². The molecule has 33 heavy (non-hydrogen) atoms. The maximum Gasteiger partial charge on any atom is 0.342 e. The number of nitrogens with zero attached hydrogens (tertiary/aromatic N) is 2. The Bertz CT molecular complexity index is 1160. The average molecular weight is 447 g/mol. The summed E-state index contributed by atoms with van der Waals surface area (Å²) < 4.78 is 1.42. The maximum absolute atomic E-state index is 12.8. The van der Waals surface area contributed by atoms with Gasteiger partial charge in [0.05, 0.1) is 11.4 Å². The number of phenols is 1. The number of nitrogens with one attached hydrogen (secondary N) is 2. The summed E-state index contributed by atoms with van der Waals surface area (Å²) in [5, 5.41) is 20.9. The molecule has 2 amide bonds. The molecule has 1 aromatic heterocycles. The van der Waals surface area contributed by atoms with Crippen molar-refractivity contribution < 1.29 is 14.7 Å². The van der Waals surface area contributed by atoms with E-state index in [1.807, 2.05) is 32.0 Å². The van der Waals surface area contributed by atoms with Crippen LogP contribution in [0.3, 0.4) is 0 Å². The van der Waals surface area contributed by atoms with E-state index >= 15 is 0 Å². The third-order valence-electron chi connectivity index (χ3n) is 6.06. The van der Waals surface area contributed by atoms with Crippen molar-refractivity contribution in [3.63, 3.8) is 0 Å². The van der Waals surface area contributed by atoms with Crippen molar-refractivity contribution in [2.24, 2.45) is 0 Å². The second kappa shape index (κ2) is 9.48. The monoisotopic (exact) mass is 446 g/mol. The number of amides is 2. The van der Waals surface area contributed by atoms with Crippen molar-refractivity contribution in [1.29, 1.82) is 0 Å². The van der Waals surface area contributed by atoms with Crippen LogP contribution in [0.15, 0.2) is 48.5 Å². The molecular weight excluding hydrogens is 416 g/mol. The lowest BCUT2D eigenvalue weighted by molar-refractivity contribution is 0.102. The lowest BCUT2D eigenvalue weighted by atomic mass is 10.1. The highest BCUT2D eigenvalue weighted by Crippen LogP contribution is 2.42. The molecule has 1 aliphatic rings. The SMILES string of the molecule is CCc1ccc(C(=O)Nc2ccc(O)c(-c3cc(C4CC4)n(C(=O)NC(C)CC)n3)c2)cc1. The fraction of sp³-hybridized carbons (Fsp3) is 0.346. The van der Waals surface area contributed by atoms with Crippen molar-refractivity contribution in [3.05, 3.63) is 65.4 Å². The van der Waals surface area contributed by atoms with Gasteiger partial charge >= 0.3 is 6.03 Å². The van der Waals surface area contributed by atoms with Crippen molar-refractivity contribution in [1.82, 2.24) is 15.1 Å². The molecule has 3 aromatic rings. The number of phenolic OH excluding ortho intramolecular Hbond substituents is 1. The first-order chi connectivity index (χ1) is 15.9. The van der Waals surface area contributed by atoms with Crippen LogP contribution in [-0.4, -0.2) is 32.9 Å². The van der Waals surface area contributed by atoms with Gasteiger partial charge in [-0.05, 0) is 74.6 Å². The van der Waals surface area contributed by atoms with Gasteiger partial charge in [0.25, 0.3) is 5.91 Å². The van der Waals surface area contributed by atoms with E-state index in [4.69, 9.17) is 0 Å². The molecule has 1 aliphatic carbocycles. The molecule has 172 valence electrons. The first-order valence-electron chi connectivity index (χ1n) is 11.5. The zero-order valence-electron chi connectivity index (χ0n) is 19.3. The van der Waals surface area contributed by atoms with Gasteiger partial charge < -0.3 is 15.7 Å². The van der Waals surface area contributed by atoms with Crippen LogP contribution in [0.25, 0.3) is 11.3 Å². The standard InChI is InChI=1S/C26H30N4O3/c1-4-16(3)27-26(33)30-23(18-10-11-18)15-22(29-30)21-14-20(12-13-24(21)31)28-25(32)19-8-6-17(5-2)7-9-19/h6-9,12-16,18,31H,4-5,10-11H2,1-3H3,(H,27,33)(H,28,32). The van der Waals surface area contributed by atoms with Crippen LogP contribution < -0.4 is 10.6 Å². The summed E-state index contributed by atoms with van der Waals surface area (Å²) in [7, 11) is 0. The lowest BCUT2D eigenvalue weighted by Gasteiger charge is -2.12. The fourth-order valence-corrected chi connectivity index (χ4v) is 3.65. The summed E-state index contributed by atoms with van der Waals surface area (Å²) in [6.45, 7) is 6.03. The zero-order valence-corrected chi connectivity index (χ0v) is 19.3. The van der Waals surface area contributed by atoms with Gasteiger partial charge in [0, 0.05) is 28.8 Å². The number of carbonyl (C=O) groups is 2.